The van der Waals surface area contributed by atoms with Gasteiger partial charge >= 0.3 is 0 Å². The lowest BCUT2D eigenvalue weighted by Crippen LogP contribution is -2.30. The van der Waals surface area contributed by atoms with Crippen LogP contribution in [-0.2, 0) is 4.79 Å². The van der Waals surface area contributed by atoms with E-state index in [1.807, 2.05) is 48.7 Å². The average molecular weight is 436 g/mol. The molecule has 1 N–H and O–H groups in total. The summed E-state index contributed by atoms with van der Waals surface area (Å²) >= 11 is 2.95. The van der Waals surface area contributed by atoms with Crippen molar-refractivity contribution in [3.63, 3.8) is 0 Å². The molecule has 0 fully saturated rings. The van der Waals surface area contributed by atoms with E-state index in [2.05, 4.69) is 52.0 Å². The first-order chi connectivity index (χ1) is 14.6. The number of thiophene rings is 1. The molecule has 1 atom stereocenters. The van der Waals surface area contributed by atoms with Gasteiger partial charge in [-0.15, -0.1) is 16.4 Å². The van der Waals surface area contributed by atoms with Crippen LogP contribution < -0.4 is 5.32 Å². The Kier molecular flexibility index (Phi) is 6.25. The summed E-state index contributed by atoms with van der Waals surface area (Å²) in [6.07, 6.45) is 0. The fourth-order valence-corrected chi connectivity index (χ4v) is 4.58. The summed E-state index contributed by atoms with van der Waals surface area (Å²) in [5, 5.41) is 17.7. The van der Waals surface area contributed by atoms with Crippen LogP contribution in [0.2, 0.25) is 0 Å². The molecule has 0 aliphatic heterocycles. The molecule has 0 aliphatic carbocycles. The number of thioether (sulfide) groups is 1. The second kappa shape index (κ2) is 9.23. The third kappa shape index (κ3) is 4.60. The first kappa shape index (κ1) is 20.3. The minimum atomic E-state index is -0.175. The van der Waals surface area contributed by atoms with Crippen LogP contribution in [-0.4, -0.2) is 31.9 Å². The normalized spacial score (nSPS) is 11.9. The van der Waals surface area contributed by atoms with Crippen LogP contribution in [0, 0.1) is 13.8 Å². The molecular weight excluding hydrogens is 414 g/mol. The molecule has 0 bridgehead atoms. The number of aromatic nitrogens is 4. The van der Waals surface area contributed by atoms with E-state index < -0.39 is 0 Å². The predicted octanol–water partition coefficient (Wildman–Crippen LogP) is 4.34. The van der Waals surface area contributed by atoms with Gasteiger partial charge in [0, 0.05) is 4.88 Å². The molecule has 1 amide bonds. The third-order valence-corrected chi connectivity index (χ3v) is 6.52. The maximum Gasteiger partial charge on any atom is 0.231 e. The molecular formula is C22H21N5OS2. The van der Waals surface area contributed by atoms with Gasteiger partial charge in [0.05, 0.1) is 17.5 Å². The Balaban J connectivity index is 1.47. The lowest BCUT2D eigenvalue weighted by molar-refractivity contribution is -0.119. The number of benzene rings is 2. The van der Waals surface area contributed by atoms with E-state index in [9.17, 15) is 4.79 Å². The summed E-state index contributed by atoms with van der Waals surface area (Å²) in [7, 11) is 0. The lowest BCUT2D eigenvalue weighted by Gasteiger charge is -2.18. The number of hydrogen-bond donors (Lipinski definition) is 1. The van der Waals surface area contributed by atoms with E-state index >= 15 is 0 Å². The van der Waals surface area contributed by atoms with Gasteiger partial charge in [-0.1, -0.05) is 65.9 Å². The van der Waals surface area contributed by atoms with Gasteiger partial charge in [0.15, 0.2) is 0 Å². The number of carbonyl (C=O) groups is 1. The van der Waals surface area contributed by atoms with Crippen molar-refractivity contribution in [1.82, 2.24) is 25.5 Å². The van der Waals surface area contributed by atoms with Crippen LogP contribution in [0.1, 0.15) is 27.6 Å². The van der Waals surface area contributed by atoms with Gasteiger partial charge in [-0.3, -0.25) is 4.79 Å². The highest BCUT2D eigenvalue weighted by atomic mass is 32.2. The van der Waals surface area contributed by atoms with Crippen molar-refractivity contribution in [2.24, 2.45) is 0 Å². The topological polar surface area (TPSA) is 72.7 Å². The summed E-state index contributed by atoms with van der Waals surface area (Å²) in [6.45, 7) is 4.06. The van der Waals surface area contributed by atoms with E-state index in [1.54, 1.807) is 16.0 Å². The number of tetrazole rings is 1. The number of amides is 1. The zero-order valence-corrected chi connectivity index (χ0v) is 18.3. The minimum absolute atomic E-state index is 0.0710. The van der Waals surface area contributed by atoms with E-state index in [4.69, 9.17) is 0 Å². The number of nitrogens with zero attached hydrogens (tertiary/aromatic N) is 4. The molecule has 2 heterocycles. The standard InChI is InChI=1S/C22H21N5OS2/c1-15-9-11-17(12-10-15)21(19-8-5-13-29-19)23-20(28)14-30-22-24-25-26-27(22)18-7-4-3-6-16(18)2/h3-13,21H,14H2,1-2H3,(H,23,28). The van der Waals surface area contributed by atoms with Crippen LogP contribution in [0.4, 0.5) is 0 Å². The largest absolute Gasteiger partial charge is 0.344 e. The van der Waals surface area contributed by atoms with Crippen LogP contribution in [0.5, 0.6) is 0 Å². The molecule has 8 heteroatoms. The van der Waals surface area contributed by atoms with Crippen molar-refractivity contribution in [2.45, 2.75) is 25.0 Å². The highest BCUT2D eigenvalue weighted by Crippen LogP contribution is 2.27. The zero-order chi connectivity index (χ0) is 20.9. The second-order valence-corrected chi connectivity index (χ2v) is 8.80. The first-order valence-corrected chi connectivity index (χ1v) is 11.3. The van der Waals surface area contributed by atoms with Crippen molar-refractivity contribution >= 4 is 29.0 Å². The molecule has 0 aliphatic rings. The molecule has 6 nitrogen and oxygen atoms in total. The van der Waals surface area contributed by atoms with Crippen LogP contribution in [0.15, 0.2) is 71.2 Å². The Morgan fingerprint density at radius 2 is 1.90 bits per heavy atom. The van der Waals surface area contributed by atoms with E-state index in [1.165, 1.54) is 17.3 Å². The highest BCUT2D eigenvalue weighted by molar-refractivity contribution is 7.99. The Hall–Kier alpha value is -2.97. The predicted molar refractivity (Wildman–Crippen MR) is 120 cm³/mol. The molecule has 0 radical (unpaired) electrons. The smallest absolute Gasteiger partial charge is 0.231 e. The van der Waals surface area contributed by atoms with Gasteiger partial charge in [0.1, 0.15) is 0 Å². The van der Waals surface area contributed by atoms with Gasteiger partial charge in [-0.25, -0.2) is 0 Å². The van der Waals surface area contributed by atoms with E-state index in [0.717, 1.165) is 21.7 Å². The van der Waals surface area contributed by atoms with Gasteiger partial charge < -0.3 is 5.32 Å². The number of carbonyl (C=O) groups excluding carboxylic acids is 1. The highest BCUT2D eigenvalue weighted by Gasteiger charge is 2.19. The molecule has 30 heavy (non-hydrogen) atoms. The second-order valence-electron chi connectivity index (χ2n) is 6.88. The molecule has 0 spiro atoms. The van der Waals surface area contributed by atoms with Crippen LogP contribution in [0.25, 0.3) is 5.69 Å². The first-order valence-electron chi connectivity index (χ1n) is 9.48. The fourth-order valence-electron chi connectivity index (χ4n) is 3.09. The molecule has 0 saturated carbocycles. The summed E-state index contributed by atoms with van der Waals surface area (Å²) in [5.74, 6) is 0.151. The Labute approximate surface area is 183 Å². The van der Waals surface area contributed by atoms with E-state index in [0.29, 0.717) is 5.16 Å². The maximum atomic E-state index is 12.8. The molecule has 2 aromatic carbocycles. The molecule has 4 rings (SSSR count). The van der Waals surface area contributed by atoms with Crippen molar-refractivity contribution < 1.29 is 4.79 Å². The quantitative estimate of drug-likeness (QED) is 0.437. The number of nitrogens with one attached hydrogen (secondary N) is 1. The number of para-hydroxylation sites is 1. The van der Waals surface area contributed by atoms with Crippen LogP contribution in [0.3, 0.4) is 0 Å². The third-order valence-electron chi connectivity index (χ3n) is 4.66. The average Bonchev–Trinajstić information content (AvgIpc) is 3.44. The lowest BCUT2D eigenvalue weighted by atomic mass is 10.0. The minimum Gasteiger partial charge on any atom is -0.344 e. The Bertz CT molecular complexity index is 1120. The summed E-state index contributed by atoms with van der Waals surface area (Å²) in [4.78, 5) is 13.9. The number of rotatable bonds is 7. The number of hydrogen-bond acceptors (Lipinski definition) is 6. The van der Waals surface area contributed by atoms with Gasteiger partial charge in [-0.2, -0.15) is 4.68 Å². The maximum absolute atomic E-state index is 12.8. The monoisotopic (exact) mass is 435 g/mol. The Morgan fingerprint density at radius 3 is 2.63 bits per heavy atom. The van der Waals surface area contributed by atoms with Gasteiger partial charge in [0.25, 0.3) is 0 Å². The molecule has 152 valence electrons. The fraction of sp³-hybridized carbons (Fsp3) is 0.182. The van der Waals surface area contributed by atoms with E-state index in [-0.39, 0.29) is 17.7 Å². The van der Waals surface area contributed by atoms with Gasteiger partial charge in [-0.05, 0) is 52.9 Å². The SMILES string of the molecule is Cc1ccc(C(NC(=O)CSc2nnnn2-c2ccccc2C)c2cccs2)cc1. The zero-order valence-electron chi connectivity index (χ0n) is 16.6. The number of aryl methyl sites for hydroxylation is 2. The van der Waals surface area contributed by atoms with Crippen molar-refractivity contribution in [3.05, 3.63) is 87.6 Å². The van der Waals surface area contributed by atoms with Crippen LogP contribution >= 0.6 is 23.1 Å². The molecule has 0 saturated heterocycles. The molecule has 2 aromatic heterocycles. The summed E-state index contributed by atoms with van der Waals surface area (Å²) in [5.41, 5.74) is 4.22. The van der Waals surface area contributed by atoms with Gasteiger partial charge in [0.2, 0.25) is 11.1 Å². The Morgan fingerprint density at radius 1 is 1.10 bits per heavy atom. The molecule has 4 aromatic rings. The summed E-state index contributed by atoms with van der Waals surface area (Å²) in [6, 6.07) is 20.0. The summed E-state index contributed by atoms with van der Waals surface area (Å²) < 4.78 is 1.67. The van der Waals surface area contributed by atoms with Crippen molar-refractivity contribution in [3.8, 4) is 5.69 Å². The van der Waals surface area contributed by atoms with Crippen molar-refractivity contribution in [2.75, 3.05) is 5.75 Å². The van der Waals surface area contributed by atoms with Crippen molar-refractivity contribution in [1.29, 1.82) is 0 Å². The molecule has 1 unspecified atom stereocenters.